The van der Waals surface area contributed by atoms with E-state index in [0.717, 1.165) is 35.3 Å². The third-order valence-corrected chi connectivity index (χ3v) is 4.61. The van der Waals surface area contributed by atoms with Crippen LogP contribution in [0.5, 0.6) is 0 Å². The Balaban J connectivity index is 1.52. The molecule has 6 nitrogen and oxygen atoms in total. The van der Waals surface area contributed by atoms with E-state index in [1.165, 1.54) is 0 Å². The van der Waals surface area contributed by atoms with Crippen molar-refractivity contribution in [2.45, 2.75) is 18.9 Å². The molecule has 1 amide bonds. The van der Waals surface area contributed by atoms with Crippen molar-refractivity contribution in [2.75, 3.05) is 0 Å². The summed E-state index contributed by atoms with van der Waals surface area (Å²) in [5, 5.41) is 7.43. The van der Waals surface area contributed by atoms with Crippen LogP contribution in [0.15, 0.2) is 67.3 Å². The van der Waals surface area contributed by atoms with Crippen molar-refractivity contribution < 1.29 is 4.79 Å². The summed E-state index contributed by atoms with van der Waals surface area (Å²) in [6.45, 7) is 0. The summed E-state index contributed by atoms with van der Waals surface area (Å²) >= 11 is 0. The monoisotopic (exact) mass is 343 g/mol. The quantitative estimate of drug-likeness (QED) is 0.619. The fourth-order valence-electron chi connectivity index (χ4n) is 3.05. The highest BCUT2D eigenvalue weighted by atomic mass is 16.2. The van der Waals surface area contributed by atoms with Gasteiger partial charge in [0.15, 0.2) is 5.69 Å². The molecular formula is C20H17N5O. The summed E-state index contributed by atoms with van der Waals surface area (Å²) in [7, 11) is 0. The molecule has 4 aromatic heterocycles. The second-order valence-electron chi connectivity index (χ2n) is 6.53. The SMILES string of the molecule is O=C(NC1CC1)c1ccn(-c2ccc3ccc(-c4ccncc4)cn23)n1. The first kappa shape index (κ1) is 14.9. The third kappa shape index (κ3) is 2.65. The summed E-state index contributed by atoms with van der Waals surface area (Å²) in [6, 6.07) is 14.2. The number of hydrogen-bond acceptors (Lipinski definition) is 3. The van der Waals surface area contributed by atoms with Crippen LogP contribution in [-0.2, 0) is 0 Å². The largest absolute Gasteiger partial charge is 0.348 e. The highest BCUT2D eigenvalue weighted by Gasteiger charge is 2.24. The Bertz CT molecular complexity index is 1090. The summed E-state index contributed by atoms with van der Waals surface area (Å²) in [6.07, 6.45) is 9.60. The third-order valence-electron chi connectivity index (χ3n) is 4.61. The number of fused-ring (bicyclic) bond motifs is 1. The van der Waals surface area contributed by atoms with Crippen LogP contribution < -0.4 is 5.32 Å². The minimum atomic E-state index is -0.107. The van der Waals surface area contributed by atoms with E-state index in [9.17, 15) is 4.79 Å². The van der Waals surface area contributed by atoms with Gasteiger partial charge in [-0.25, -0.2) is 4.68 Å². The Labute approximate surface area is 150 Å². The molecular weight excluding hydrogens is 326 g/mol. The van der Waals surface area contributed by atoms with Gasteiger partial charge in [-0.05, 0) is 60.4 Å². The molecule has 0 saturated heterocycles. The van der Waals surface area contributed by atoms with E-state index in [4.69, 9.17) is 0 Å². The van der Waals surface area contributed by atoms with Crippen LogP contribution in [0, 0.1) is 0 Å². The van der Waals surface area contributed by atoms with Gasteiger partial charge in [0.2, 0.25) is 0 Å². The fourth-order valence-corrected chi connectivity index (χ4v) is 3.05. The summed E-state index contributed by atoms with van der Waals surface area (Å²) in [5.41, 5.74) is 3.71. The lowest BCUT2D eigenvalue weighted by Gasteiger charge is -2.07. The molecule has 26 heavy (non-hydrogen) atoms. The molecule has 1 N–H and O–H groups in total. The van der Waals surface area contributed by atoms with Crippen molar-refractivity contribution in [3.05, 3.63) is 72.9 Å². The van der Waals surface area contributed by atoms with E-state index in [-0.39, 0.29) is 5.91 Å². The predicted molar refractivity (Wildman–Crippen MR) is 98.2 cm³/mol. The van der Waals surface area contributed by atoms with Crippen LogP contribution in [0.1, 0.15) is 23.3 Å². The highest BCUT2D eigenvalue weighted by molar-refractivity contribution is 5.92. The van der Waals surface area contributed by atoms with Gasteiger partial charge < -0.3 is 9.72 Å². The van der Waals surface area contributed by atoms with Crippen LogP contribution in [0.3, 0.4) is 0 Å². The number of pyridine rings is 2. The maximum atomic E-state index is 12.2. The van der Waals surface area contributed by atoms with Gasteiger partial charge in [-0.3, -0.25) is 9.78 Å². The predicted octanol–water partition coefficient (Wildman–Crippen LogP) is 3.08. The average Bonchev–Trinajstić information content (AvgIpc) is 3.20. The molecule has 0 spiro atoms. The molecule has 4 heterocycles. The van der Waals surface area contributed by atoms with E-state index in [0.29, 0.717) is 11.7 Å². The van der Waals surface area contributed by atoms with E-state index in [2.05, 4.69) is 38.1 Å². The molecule has 0 aliphatic heterocycles. The normalized spacial score (nSPS) is 13.8. The van der Waals surface area contributed by atoms with Crippen LogP contribution in [-0.4, -0.2) is 31.1 Å². The molecule has 6 heteroatoms. The van der Waals surface area contributed by atoms with Crippen molar-refractivity contribution in [3.8, 4) is 16.9 Å². The zero-order valence-corrected chi connectivity index (χ0v) is 14.0. The van der Waals surface area contributed by atoms with Gasteiger partial charge in [-0.1, -0.05) is 6.07 Å². The van der Waals surface area contributed by atoms with Crippen LogP contribution in [0.2, 0.25) is 0 Å². The molecule has 1 aliphatic carbocycles. The highest BCUT2D eigenvalue weighted by Crippen LogP contribution is 2.23. The van der Waals surface area contributed by atoms with Gasteiger partial charge in [-0.15, -0.1) is 0 Å². The molecule has 0 atom stereocenters. The van der Waals surface area contributed by atoms with Gasteiger partial charge in [0.1, 0.15) is 5.82 Å². The zero-order valence-electron chi connectivity index (χ0n) is 14.0. The summed E-state index contributed by atoms with van der Waals surface area (Å²) < 4.78 is 3.82. The van der Waals surface area contributed by atoms with Crippen LogP contribution >= 0.6 is 0 Å². The Morgan fingerprint density at radius 1 is 1.00 bits per heavy atom. The number of carbonyl (C=O) groups excluding carboxylic acids is 1. The zero-order chi connectivity index (χ0) is 17.5. The van der Waals surface area contributed by atoms with Crippen LogP contribution in [0.25, 0.3) is 22.5 Å². The van der Waals surface area contributed by atoms with E-state index >= 15 is 0 Å². The Hall–Kier alpha value is -3.41. The number of nitrogens with zero attached hydrogens (tertiary/aromatic N) is 4. The minimum absolute atomic E-state index is 0.107. The first-order valence-corrected chi connectivity index (χ1v) is 8.66. The van der Waals surface area contributed by atoms with E-state index in [1.807, 2.05) is 30.5 Å². The Kier molecular flexibility index (Phi) is 3.35. The van der Waals surface area contributed by atoms with Gasteiger partial charge in [-0.2, -0.15) is 5.10 Å². The molecule has 0 unspecified atom stereocenters. The van der Waals surface area contributed by atoms with Gasteiger partial charge in [0.05, 0.1) is 0 Å². The van der Waals surface area contributed by atoms with Gasteiger partial charge in [0.25, 0.3) is 5.91 Å². The second kappa shape index (κ2) is 5.84. The fraction of sp³-hybridized carbons (Fsp3) is 0.150. The van der Waals surface area contributed by atoms with E-state index < -0.39 is 0 Å². The molecule has 0 radical (unpaired) electrons. The van der Waals surface area contributed by atoms with Crippen molar-refractivity contribution in [2.24, 2.45) is 0 Å². The first-order valence-electron chi connectivity index (χ1n) is 8.66. The molecule has 4 aromatic rings. The molecule has 0 aromatic carbocycles. The van der Waals surface area contributed by atoms with Gasteiger partial charge in [0, 0.05) is 36.3 Å². The smallest absolute Gasteiger partial charge is 0.272 e. The summed E-state index contributed by atoms with van der Waals surface area (Å²) in [5.74, 6) is 0.783. The lowest BCUT2D eigenvalue weighted by atomic mass is 10.1. The molecule has 128 valence electrons. The van der Waals surface area contributed by atoms with Crippen LogP contribution in [0.4, 0.5) is 0 Å². The molecule has 1 fully saturated rings. The maximum absolute atomic E-state index is 12.2. The Morgan fingerprint density at radius 3 is 2.62 bits per heavy atom. The van der Waals surface area contributed by atoms with Gasteiger partial charge >= 0.3 is 0 Å². The number of amides is 1. The number of hydrogen-bond donors (Lipinski definition) is 1. The molecule has 1 aliphatic rings. The number of carbonyl (C=O) groups is 1. The first-order chi connectivity index (χ1) is 12.8. The number of nitrogens with one attached hydrogen (secondary N) is 1. The van der Waals surface area contributed by atoms with E-state index in [1.54, 1.807) is 23.1 Å². The lowest BCUT2D eigenvalue weighted by molar-refractivity contribution is 0.0945. The summed E-state index contributed by atoms with van der Waals surface area (Å²) in [4.78, 5) is 16.3. The van der Waals surface area contributed by atoms with Crippen molar-refractivity contribution in [3.63, 3.8) is 0 Å². The van der Waals surface area contributed by atoms with Crippen molar-refractivity contribution >= 4 is 11.4 Å². The Morgan fingerprint density at radius 2 is 1.81 bits per heavy atom. The number of rotatable bonds is 4. The maximum Gasteiger partial charge on any atom is 0.272 e. The topological polar surface area (TPSA) is 64.2 Å². The molecule has 0 bridgehead atoms. The lowest BCUT2D eigenvalue weighted by Crippen LogP contribution is -2.25. The average molecular weight is 343 g/mol. The second-order valence-corrected chi connectivity index (χ2v) is 6.53. The minimum Gasteiger partial charge on any atom is -0.348 e. The number of aromatic nitrogens is 4. The van der Waals surface area contributed by atoms with Crippen molar-refractivity contribution in [1.29, 1.82) is 0 Å². The standard InChI is InChI=1S/C20H17N5O/c26-20(22-16-2-3-16)18-9-12-25(23-18)19-6-5-17-4-1-15(13-24(17)19)14-7-10-21-11-8-14/h1,4-13,16H,2-3H2,(H,22,26). The molecule has 1 saturated carbocycles. The molecule has 5 rings (SSSR count). The van der Waals surface area contributed by atoms with Crippen molar-refractivity contribution in [1.82, 2.24) is 24.5 Å².